The number of halogens is 2. The minimum absolute atomic E-state index is 0.0892. The standard InChI is InChI=1S/C21H26FIN6/c1-12(2)11-25-6-7-29-17(26-18-19(24)27-21(22)28-20(18)29)10-15-8-13-4-3-5-14(13)9-16(15)23/h8-9,12,25H,3-7,10-11H2,1-2H3,(H2,24,27,28). The van der Waals surface area contributed by atoms with E-state index in [9.17, 15) is 4.39 Å². The molecule has 8 heteroatoms. The first-order chi connectivity index (χ1) is 13.9. The maximum Gasteiger partial charge on any atom is 0.312 e. The molecule has 3 N–H and O–H groups in total. The van der Waals surface area contributed by atoms with Crippen molar-refractivity contribution in [3.8, 4) is 0 Å². The van der Waals surface area contributed by atoms with Gasteiger partial charge in [-0.3, -0.25) is 0 Å². The molecule has 4 rings (SSSR count). The Morgan fingerprint density at radius 2 is 1.97 bits per heavy atom. The Balaban J connectivity index is 1.69. The lowest BCUT2D eigenvalue weighted by molar-refractivity contribution is 0.517. The van der Waals surface area contributed by atoms with Gasteiger partial charge in [-0.25, -0.2) is 4.98 Å². The highest BCUT2D eigenvalue weighted by Gasteiger charge is 2.19. The van der Waals surface area contributed by atoms with E-state index in [-0.39, 0.29) is 5.82 Å². The summed E-state index contributed by atoms with van der Waals surface area (Å²) in [5, 5.41) is 3.43. The van der Waals surface area contributed by atoms with Crippen LogP contribution in [0.25, 0.3) is 11.2 Å². The summed E-state index contributed by atoms with van der Waals surface area (Å²) in [4.78, 5) is 12.4. The molecule has 0 saturated heterocycles. The number of rotatable bonds is 7. The first kappa shape index (κ1) is 20.5. The summed E-state index contributed by atoms with van der Waals surface area (Å²) in [7, 11) is 0. The number of nitrogens with one attached hydrogen (secondary N) is 1. The van der Waals surface area contributed by atoms with Gasteiger partial charge in [0.15, 0.2) is 17.0 Å². The van der Waals surface area contributed by atoms with Crippen LogP contribution in [-0.4, -0.2) is 32.6 Å². The van der Waals surface area contributed by atoms with Crippen LogP contribution in [0.5, 0.6) is 0 Å². The number of fused-ring (bicyclic) bond motifs is 2. The summed E-state index contributed by atoms with van der Waals surface area (Å²) >= 11 is 2.40. The number of nitrogen functional groups attached to an aromatic ring is 1. The van der Waals surface area contributed by atoms with Gasteiger partial charge in [-0.15, -0.1) is 0 Å². The predicted octanol–water partition coefficient (Wildman–Crippen LogP) is 3.48. The number of hydrogen-bond donors (Lipinski definition) is 2. The number of nitrogens with zero attached hydrogens (tertiary/aromatic N) is 4. The largest absolute Gasteiger partial charge is 0.382 e. The van der Waals surface area contributed by atoms with Gasteiger partial charge in [0.1, 0.15) is 5.82 Å². The maximum absolute atomic E-state index is 13.9. The van der Waals surface area contributed by atoms with E-state index in [1.165, 1.54) is 26.7 Å². The van der Waals surface area contributed by atoms with Crippen LogP contribution in [-0.2, 0) is 25.8 Å². The van der Waals surface area contributed by atoms with Crippen molar-refractivity contribution in [2.45, 2.75) is 46.1 Å². The Morgan fingerprint density at radius 3 is 2.72 bits per heavy atom. The molecule has 0 bridgehead atoms. The highest BCUT2D eigenvalue weighted by molar-refractivity contribution is 14.1. The molecular formula is C21H26FIN6. The third-order valence-electron chi connectivity index (χ3n) is 5.35. The molecule has 0 fully saturated rings. The highest BCUT2D eigenvalue weighted by Crippen LogP contribution is 2.29. The smallest absolute Gasteiger partial charge is 0.312 e. The number of aromatic nitrogens is 4. The van der Waals surface area contributed by atoms with Crippen LogP contribution in [0.3, 0.4) is 0 Å². The Kier molecular flexibility index (Phi) is 6.00. The average Bonchev–Trinajstić information content (AvgIpc) is 3.23. The summed E-state index contributed by atoms with van der Waals surface area (Å²) in [6.07, 6.45) is 3.37. The third kappa shape index (κ3) is 4.37. The van der Waals surface area contributed by atoms with Gasteiger partial charge in [0.25, 0.3) is 0 Å². The Bertz CT molecular complexity index is 1050. The average molecular weight is 508 g/mol. The summed E-state index contributed by atoms with van der Waals surface area (Å²) < 4.78 is 17.1. The molecular weight excluding hydrogens is 482 g/mol. The van der Waals surface area contributed by atoms with E-state index in [0.29, 0.717) is 30.0 Å². The van der Waals surface area contributed by atoms with E-state index in [2.05, 4.69) is 63.9 Å². The van der Waals surface area contributed by atoms with Crippen LogP contribution in [0.4, 0.5) is 10.2 Å². The third-order valence-corrected chi connectivity index (χ3v) is 6.35. The second kappa shape index (κ2) is 8.51. The normalized spacial score (nSPS) is 13.6. The van der Waals surface area contributed by atoms with Gasteiger partial charge in [-0.2, -0.15) is 14.4 Å². The Labute approximate surface area is 183 Å². The van der Waals surface area contributed by atoms with Crippen LogP contribution in [0.2, 0.25) is 0 Å². The topological polar surface area (TPSA) is 81.7 Å². The lowest BCUT2D eigenvalue weighted by Crippen LogP contribution is -2.25. The monoisotopic (exact) mass is 508 g/mol. The molecule has 2 aromatic heterocycles. The molecule has 6 nitrogen and oxygen atoms in total. The van der Waals surface area contributed by atoms with Gasteiger partial charge in [0, 0.05) is 23.1 Å². The van der Waals surface area contributed by atoms with Gasteiger partial charge in [0.2, 0.25) is 0 Å². The SMILES string of the molecule is CC(C)CNCCn1c(Cc2cc3c(cc2I)CCC3)nc2c(N)nc(F)nc21. The van der Waals surface area contributed by atoms with Gasteiger partial charge in [-0.05, 0) is 77.1 Å². The molecule has 0 atom stereocenters. The first-order valence-corrected chi connectivity index (χ1v) is 11.2. The van der Waals surface area contributed by atoms with Crippen LogP contribution in [0.15, 0.2) is 12.1 Å². The minimum atomic E-state index is -0.815. The summed E-state index contributed by atoms with van der Waals surface area (Å²) in [6, 6.07) is 4.60. The molecule has 0 unspecified atom stereocenters. The molecule has 0 saturated carbocycles. The molecule has 0 aliphatic heterocycles. The lowest BCUT2D eigenvalue weighted by Gasteiger charge is -2.12. The van der Waals surface area contributed by atoms with Gasteiger partial charge in [0.05, 0.1) is 0 Å². The molecule has 3 aromatic rings. The van der Waals surface area contributed by atoms with E-state index in [4.69, 9.17) is 10.7 Å². The maximum atomic E-state index is 13.9. The van der Waals surface area contributed by atoms with Crippen LogP contribution in [0.1, 0.15) is 42.8 Å². The second-order valence-electron chi connectivity index (χ2n) is 8.07. The Morgan fingerprint density at radius 1 is 1.21 bits per heavy atom. The van der Waals surface area contributed by atoms with Crippen LogP contribution in [0, 0.1) is 15.6 Å². The van der Waals surface area contributed by atoms with Crippen molar-refractivity contribution in [2.24, 2.45) is 5.92 Å². The molecule has 154 valence electrons. The number of imidazole rings is 1. The number of aryl methyl sites for hydroxylation is 2. The molecule has 29 heavy (non-hydrogen) atoms. The van der Waals surface area contributed by atoms with Crippen molar-refractivity contribution in [3.63, 3.8) is 0 Å². The van der Waals surface area contributed by atoms with Crippen molar-refractivity contribution in [1.29, 1.82) is 0 Å². The zero-order chi connectivity index (χ0) is 20.5. The highest BCUT2D eigenvalue weighted by atomic mass is 127. The van der Waals surface area contributed by atoms with Crippen LogP contribution < -0.4 is 11.1 Å². The number of hydrogen-bond acceptors (Lipinski definition) is 5. The van der Waals surface area contributed by atoms with E-state index >= 15 is 0 Å². The van der Waals surface area contributed by atoms with Gasteiger partial charge < -0.3 is 15.6 Å². The zero-order valence-electron chi connectivity index (χ0n) is 16.8. The number of benzene rings is 1. The summed E-state index contributed by atoms with van der Waals surface area (Å²) in [5.41, 5.74) is 11.0. The van der Waals surface area contributed by atoms with Crippen molar-refractivity contribution < 1.29 is 4.39 Å². The fourth-order valence-electron chi connectivity index (χ4n) is 3.94. The van der Waals surface area contributed by atoms with Crippen molar-refractivity contribution in [2.75, 3.05) is 18.8 Å². The van der Waals surface area contributed by atoms with Gasteiger partial charge in [-0.1, -0.05) is 19.9 Å². The molecule has 2 heterocycles. The van der Waals surface area contributed by atoms with E-state index in [1.54, 1.807) is 0 Å². The molecule has 0 amide bonds. The minimum Gasteiger partial charge on any atom is -0.382 e. The van der Waals surface area contributed by atoms with Crippen LogP contribution >= 0.6 is 22.6 Å². The number of anilines is 1. The molecule has 1 aliphatic rings. The van der Waals surface area contributed by atoms with Crippen molar-refractivity contribution in [3.05, 3.63) is 44.3 Å². The zero-order valence-corrected chi connectivity index (χ0v) is 19.0. The summed E-state index contributed by atoms with van der Waals surface area (Å²) in [5.74, 6) is 1.50. The molecule has 0 spiro atoms. The van der Waals surface area contributed by atoms with E-state index in [1.807, 2.05) is 4.57 Å². The molecule has 0 radical (unpaired) electrons. The fourth-order valence-corrected chi connectivity index (χ4v) is 4.66. The van der Waals surface area contributed by atoms with Gasteiger partial charge >= 0.3 is 6.08 Å². The fraction of sp³-hybridized carbons (Fsp3) is 0.476. The van der Waals surface area contributed by atoms with Crippen molar-refractivity contribution >= 4 is 39.6 Å². The molecule has 1 aromatic carbocycles. The summed E-state index contributed by atoms with van der Waals surface area (Å²) in [6.45, 7) is 6.67. The van der Waals surface area contributed by atoms with E-state index in [0.717, 1.165) is 31.8 Å². The lowest BCUT2D eigenvalue weighted by atomic mass is 10.0. The molecule has 1 aliphatic carbocycles. The first-order valence-electron chi connectivity index (χ1n) is 10.1. The second-order valence-corrected chi connectivity index (χ2v) is 9.23. The quantitative estimate of drug-likeness (QED) is 0.290. The van der Waals surface area contributed by atoms with E-state index < -0.39 is 6.08 Å². The van der Waals surface area contributed by atoms with Crippen molar-refractivity contribution in [1.82, 2.24) is 24.8 Å². The predicted molar refractivity (Wildman–Crippen MR) is 121 cm³/mol. The number of nitrogens with two attached hydrogens (primary N) is 1. The Hall–Kier alpha value is -1.81.